The second-order valence-corrected chi connectivity index (χ2v) is 13.5. The minimum atomic E-state index is -4.13. The normalized spacial score (nSPS) is 18.1. The number of halogens is 3. The molecule has 2 N–H and O–H groups in total. The van der Waals surface area contributed by atoms with Gasteiger partial charge in [-0.25, -0.2) is 35.8 Å². The number of carbonyl (C=O) groups excluding carboxylic acids is 1. The van der Waals surface area contributed by atoms with E-state index in [1.54, 1.807) is 6.92 Å². The van der Waals surface area contributed by atoms with Crippen LogP contribution in [0.3, 0.4) is 0 Å². The summed E-state index contributed by atoms with van der Waals surface area (Å²) in [5, 5.41) is 13.8. The van der Waals surface area contributed by atoms with Gasteiger partial charge in [0.25, 0.3) is 6.43 Å². The molecule has 2 fully saturated rings. The van der Waals surface area contributed by atoms with Gasteiger partial charge >= 0.3 is 6.09 Å². The Labute approximate surface area is 254 Å². The smallest absolute Gasteiger partial charge is 0.410 e. The van der Waals surface area contributed by atoms with E-state index in [4.69, 9.17) is 9.47 Å². The molecule has 3 heterocycles. The van der Waals surface area contributed by atoms with E-state index < -0.39 is 44.9 Å². The molecule has 6 rings (SSSR count). The average molecular weight is 652 g/mol. The molecule has 2 aromatic heterocycles. The van der Waals surface area contributed by atoms with Gasteiger partial charge in [-0.15, -0.1) is 15.3 Å². The summed E-state index contributed by atoms with van der Waals surface area (Å²) >= 11 is 0.521. The fourth-order valence-electron chi connectivity index (χ4n) is 4.74. The first-order chi connectivity index (χ1) is 21.0. The number of hydrogen-bond acceptors (Lipinski definition) is 10. The largest absolute Gasteiger partial charge is 0.474 e. The summed E-state index contributed by atoms with van der Waals surface area (Å²) in [5.74, 6) is -1.19. The highest BCUT2D eigenvalue weighted by Crippen LogP contribution is 2.38. The van der Waals surface area contributed by atoms with Crippen LogP contribution in [0.5, 0.6) is 5.88 Å². The Morgan fingerprint density at radius 2 is 2.00 bits per heavy atom. The van der Waals surface area contributed by atoms with Crippen LogP contribution in [-0.2, 0) is 21.4 Å². The van der Waals surface area contributed by atoms with Crippen LogP contribution in [0, 0.1) is 5.82 Å². The van der Waals surface area contributed by atoms with Crippen LogP contribution in [0.15, 0.2) is 47.4 Å². The summed E-state index contributed by atoms with van der Waals surface area (Å²) < 4.78 is 83.5. The number of fused-ring (bicyclic) bond motifs is 1. The van der Waals surface area contributed by atoms with Gasteiger partial charge in [-0.2, -0.15) is 0 Å². The second-order valence-electron chi connectivity index (χ2n) is 10.8. The zero-order chi connectivity index (χ0) is 31.1. The topological polar surface area (TPSA) is 141 Å². The molecule has 2 aromatic carbocycles. The van der Waals surface area contributed by atoms with Gasteiger partial charge < -0.3 is 14.8 Å². The lowest BCUT2D eigenvalue weighted by molar-refractivity contribution is 0.0582. The number of benzene rings is 2. The van der Waals surface area contributed by atoms with Crippen LogP contribution in [-0.4, -0.2) is 77.2 Å². The minimum Gasteiger partial charge on any atom is -0.474 e. The molecular weight excluding hydrogens is 623 g/mol. The predicted molar refractivity (Wildman–Crippen MR) is 153 cm³/mol. The molecule has 234 valence electrons. The lowest BCUT2D eigenvalue weighted by atomic mass is 10.2. The molecule has 12 nitrogen and oxygen atoms in total. The first kappa shape index (κ1) is 30.2. The minimum absolute atomic E-state index is 0.0702. The average Bonchev–Trinajstić information content (AvgIpc) is 3.37. The first-order valence-electron chi connectivity index (χ1n) is 13.7. The number of sulfonamides is 1. The third kappa shape index (κ3) is 6.36. The van der Waals surface area contributed by atoms with Gasteiger partial charge in [0.05, 0.1) is 21.8 Å². The fourth-order valence-corrected chi connectivity index (χ4v) is 6.91. The van der Waals surface area contributed by atoms with Crippen LogP contribution in [0.4, 0.5) is 18.0 Å². The van der Waals surface area contributed by atoms with Gasteiger partial charge in [0, 0.05) is 25.2 Å². The van der Waals surface area contributed by atoms with E-state index in [9.17, 15) is 22.0 Å². The number of aromatic nitrogens is 4. The van der Waals surface area contributed by atoms with Crippen LogP contribution >= 0.6 is 11.3 Å². The number of hydrogen-bond donors (Lipinski definition) is 2. The molecule has 1 atom stereocenters. The van der Waals surface area contributed by atoms with Crippen molar-refractivity contribution in [3.63, 3.8) is 0 Å². The standard InChI is InChI=1S/C27H28F3N7O5S2/c1-27(7-8-27)35-44(39,40)18-11-19(28)21-20(12-18)37(25-33-32-24(43-25)22(29)30)34-23(21)41-15-17-13-31-9-10-36(17)26(38)42-14-16-5-3-2-4-6-16/h2-6,11-12,17,22,31,35H,7-10,13-15H2,1H3. The highest BCUT2D eigenvalue weighted by molar-refractivity contribution is 7.89. The molecule has 1 unspecified atom stereocenters. The highest BCUT2D eigenvalue weighted by Gasteiger charge is 2.41. The maximum absolute atomic E-state index is 15.7. The van der Waals surface area contributed by atoms with E-state index in [1.165, 1.54) is 11.0 Å². The summed E-state index contributed by atoms with van der Waals surface area (Å²) in [6, 6.07) is 10.7. The monoisotopic (exact) mass is 651 g/mol. The number of nitrogens with one attached hydrogen (secondary N) is 2. The summed E-state index contributed by atoms with van der Waals surface area (Å²) in [4.78, 5) is 14.1. The van der Waals surface area contributed by atoms with Gasteiger partial charge in [0.15, 0.2) is 5.01 Å². The lowest BCUT2D eigenvalue weighted by Gasteiger charge is -2.34. The molecule has 44 heavy (non-hydrogen) atoms. The molecule has 0 spiro atoms. The van der Waals surface area contributed by atoms with E-state index in [-0.39, 0.29) is 40.0 Å². The van der Waals surface area contributed by atoms with Gasteiger partial charge in [0.1, 0.15) is 19.0 Å². The van der Waals surface area contributed by atoms with E-state index in [2.05, 4.69) is 25.3 Å². The van der Waals surface area contributed by atoms with Crippen molar-refractivity contribution in [2.24, 2.45) is 0 Å². The van der Waals surface area contributed by atoms with Crippen molar-refractivity contribution in [1.82, 2.24) is 34.9 Å². The van der Waals surface area contributed by atoms with Crippen molar-refractivity contribution >= 4 is 38.4 Å². The van der Waals surface area contributed by atoms with Crippen molar-refractivity contribution in [3.05, 3.63) is 58.9 Å². The Balaban J connectivity index is 1.29. The van der Waals surface area contributed by atoms with Crippen molar-refractivity contribution in [2.75, 3.05) is 26.2 Å². The summed E-state index contributed by atoms with van der Waals surface area (Å²) in [5.41, 5.74) is 0.136. The summed E-state index contributed by atoms with van der Waals surface area (Å²) in [6.45, 7) is 2.90. The van der Waals surface area contributed by atoms with Crippen molar-refractivity contribution in [2.45, 2.75) is 49.3 Å². The molecule has 1 saturated heterocycles. The number of rotatable bonds is 10. The number of amides is 1. The number of nitrogens with zero attached hydrogens (tertiary/aromatic N) is 5. The molecule has 1 aliphatic carbocycles. The van der Waals surface area contributed by atoms with Crippen molar-refractivity contribution in [1.29, 1.82) is 0 Å². The molecule has 0 radical (unpaired) electrons. The molecule has 4 aromatic rings. The van der Waals surface area contributed by atoms with Crippen LogP contribution in [0.1, 0.15) is 36.8 Å². The Bertz CT molecular complexity index is 1780. The third-order valence-corrected chi connectivity index (χ3v) is 9.89. The zero-order valence-electron chi connectivity index (χ0n) is 23.4. The SMILES string of the molecule is CC1(NS(=O)(=O)c2cc(F)c3c(OCC4CNCCN4C(=O)OCc4ccccc4)nn(-c4nnc(C(F)F)s4)c3c2)CC1. The van der Waals surface area contributed by atoms with E-state index in [0.29, 0.717) is 43.8 Å². The molecule has 2 aliphatic rings. The zero-order valence-corrected chi connectivity index (χ0v) is 25.0. The van der Waals surface area contributed by atoms with Crippen LogP contribution in [0.25, 0.3) is 16.0 Å². The second kappa shape index (κ2) is 11.9. The molecule has 0 bridgehead atoms. The van der Waals surface area contributed by atoms with Gasteiger partial charge in [-0.3, -0.25) is 4.90 Å². The quantitative estimate of drug-likeness (QED) is 0.262. The van der Waals surface area contributed by atoms with Crippen molar-refractivity contribution < 1.29 is 35.9 Å². The lowest BCUT2D eigenvalue weighted by Crippen LogP contribution is -2.56. The Morgan fingerprint density at radius 1 is 1.23 bits per heavy atom. The Morgan fingerprint density at radius 3 is 2.70 bits per heavy atom. The number of ether oxygens (including phenoxy) is 2. The molecular formula is C27H28F3N7O5S2. The summed E-state index contributed by atoms with van der Waals surface area (Å²) in [7, 11) is -4.13. The maximum atomic E-state index is 15.7. The van der Waals surface area contributed by atoms with Gasteiger partial charge in [-0.1, -0.05) is 41.7 Å². The molecule has 1 saturated carbocycles. The van der Waals surface area contributed by atoms with E-state index in [0.717, 1.165) is 16.3 Å². The fraction of sp³-hybridized carbons (Fsp3) is 0.407. The maximum Gasteiger partial charge on any atom is 0.410 e. The van der Waals surface area contributed by atoms with E-state index >= 15 is 4.39 Å². The molecule has 1 amide bonds. The third-order valence-electron chi connectivity index (χ3n) is 7.37. The molecule has 1 aliphatic heterocycles. The van der Waals surface area contributed by atoms with E-state index in [1.807, 2.05) is 30.3 Å². The van der Waals surface area contributed by atoms with Gasteiger partial charge in [0.2, 0.25) is 21.0 Å². The van der Waals surface area contributed by atoms with Crippen LogP contribution in [0.2, 0.25) is 0 Å². The Hall–Kier alpha value is -3.80. The Kier molecular flexibility index (Phi) is 8.21. The number of carbonyl (C=O) groups is 1. The number of alkyl halides is 2. The first-order valence-corrected chi connectivity index (χ1v) is 16.0. The molecule has 17 heteroatoms. The summed E-state index contributed by atoms with van der Waals surface area (Å²) in [6.07, 6.45) is -2.17. The van der Waals surface area contributed by atoms with Crippen molar-refractivity contribution in [3.8, 4) is 11.0 Å². The van der Waals surface area contributed by atoms with Gasteiger partial charge in [-0.05, 0) is 37.5 Å². The predicted octanol–water partition coefficient (Wildman–Crippen LogP) is 3.77. The number of piperazine rings is 1. The van der Waals surface area contributed by atoms with Crippen LogP contribution < -0.4 is 14.8 Å². The highest BCUT2D eigenvalue weighted by atomic mass is 32.2.